The summed E-state index contributed by atoms with van der Waals surface area (Å²) in [6.07, 6.45) is 10.7. The minimum Gasteiger partial charge on any atom is -0.391 e. The number of hydrogen-bond donors (Lipinski definition) is 0. The van der Waals surface area contributed by atoms with Crippen LogP contribution in [0.3, 0.4) is 0 Å². The van der Waals surface area contributed by atoms with Crippen LogP contribution in [0, 0.1) is 5.92 Å². The first-order valence-corrected chi connectivity index (χ1v) is 9.95. The SMILES string of the molecule is CC=CC=CCON=C1c2ccccc2CC1C1(OC)Cc2ccccc2C1. The molecule has 0 N–H and O–H groups in total. The van der Waals surface area contributed by atoms with Crippen molar-refractivity contribution < 1.29 is 9.57 Å². The number of nitrogens with zero attached hydrogens (tertiary/aromatic N) is 1. The summed E-state index contributed by atoms with van der Waals surface area (Å²) in [7, 11) is 1.84. The van der Waals surface area contributed by atoms with Gasteiger partial charge in [-0.1, -0.05) is 71.9 Å². The van der Waals surface area contributed by atoms with Gasteiger partial charge in [0.1, 0.15) is 6.61 Å². The first kappa shape index (κ1) is 18.7. The average molecular weight is 373 g/mol. The van der Waals surface area contributed by atoms with Crippen LogP contribution in [0.15, 0.2) is 78.0 Å². The van der Waals surface area contributed by atoms with E-state index in [1.54, 1.807) is 0 Å². The van der Waals surface area contributed by atoms with Crippen molar-refractivity contribution in [3.8, 4) is 0 Å². The molecule has 0 radical (unpaired) electrons. The maximum atomic E-state index is 6.23. The van der Waals surface area contributed by atoms with Crippen LogP contribution in [-0.4, -0.2) is 25.0 Å². The van der Waals surface area contributed by atoms with Crippen molar-refractivity contribution in [2.75, 3.05) is 13.7 Å². The maximum Gasteiger partial charge on any atom is 0.135 e. The molecule has 2 aliphatic carbocycles. The largest absolute Gasteiger partial charge is 0.391 e. The first-order chi connectivity index (χ1) is 13.8. The third-order valence-corrected chi connectivity index (χ3v) is 5.96. The summed E-state index contributed by atoms with van der Waals surface area (Å²) in [5.74, 6) is 0.182. The van der Waals surface area contributed by atoms with E-state index in [9.17, 15) is 0 Å². The monoisotopic (exact) mass is 373 g/mol. The zero-order valence-electron chi connectivity index (χ0n) is 16.6. The lowest BCUT2D eigenvalue weighted by atomic mass is 9.81. The zero-order valence-corrected chi connectivity index (χ0v) is 16.6. The number of ether oxygens (including phenoxy) is 1. The topological polar surface area (TPSA) is 30.8 Å². The molecule has 1 atom stereocenters. The molecule has 0 aliphatic heterocycles. The summed E-state index contributed by atoms with van der Waals surface area (Å²) in [6, 6.07) is 17.2. The van der Waals surface area contributed by atoms with E-state index < -0.39 is 0 Å². The molecule has 3 heteroatoms. The van der Waals surface area contributed by atoms with Gasteiger partial charge in [-0.3, -0.25) is 0 Å². The molecule has 0 fully saturated rings. The molecule has 2 aliphatic rings. The minimum atomic E-state index is -0.272. The van der Waals surface area contributed by atoms with E-state index >= 15 is 0 Å². The molecule has 28 heavy (non-hydrogen) atoms. The Morgan fingerprint density at radius 1 is 1.00 bits per heavy atom. The van der Waals surface area contributed by atoms with Gasteiger partial charge in [0, 0.05) is 31.4 Å². The van der Waals surface area contributed by atoms with Gasteiger partial charge >= 0.3 is 0 Å². The van der Waals surface area contributed by atoms with Crippen molar-refractivity contribution in [2.24, 2.45) is 11.1 Å². The fraction of sp³-hybridized carbons (Fsp3) is 0.320. The molecule has 0 heterocycles. The number of methoxy groups -OCH3 is 1. The number of oxime groups is 1. The Kier molecular flexibility index (Phi) is 5.45. The smallest absolute Gasteiger partial charge is 0.135 e. The van der Waals surface area contributed by atoms with Crippen LogP contribution >= 0.6 is 0 Å². The molecular formula is C25H27NO2. The predicted molar refractivity (Wildman–Crippen MR) is 114 cm³/mol. The van der Waals surface area contributed by atoms with E-state index in [0.717, 1.165) is 25.0 Å². The molecule has 0 saturated carbocycles. The highest BCUT2D eigenvalue weighted by Crippen LogP contribution is 2.44. The van der Waals surface area contributed by atoms with Gasteiger partial charge in [0.15, 0.2) is 0 Å². The summed E-state index contributed by atoms with van der Waals surface area (Å²) >= 11 is 0. The first-order valence-electron chi connectivity index (χ1n) is 9.95. The quantitative estimate of drug-likeness (QED) is 0.410. The van der Waals surface area contributed by atoms with E-state index in [0.29, 0.717) is 6.61 Å². The minimum absolute atomic E-state index is 0.182. The van der Waals surface area contributed by atoms with Crippen LogP contribution in [0.4, 0.5) is 0 Å². The van der Waals surface area contributed by atoms with Crippen LogP contribution in [0.2, 0.25) is 0 Å². The van der Waals surface area contributed by atoms with E-state index in [-0.39, 0.29) is 11.5 Å². The van der Waals surface area contributed by atoms with Crippen molar-refractivity contribution in [3.05, 3.63) is 95.1 Å². The molecule has 1 unspecified atom stereocenters. The van der Waals surface area contributed by atoms with Crippen molar-refractivity contribution >= 4 is 5.71 Å². The summed E-state index contributed by atoms with van der Waals surface area (Å²) in [5, 5.41) is 4.61. The summed E-state index contributed by atoms with van der Waals surface area (Å²) in [6.45, 7) is 2.46. The van der Waals surface area contributed by atoms with Crippen molar-refractivity contribution in [2.45, 2.75) is 31.8 Å². The molecule has 0 bridgehead atoms. The van der Waals surface area contributed by atoms with Crippen molar-refractivity contribution in [1.82, 2.24) is 0 Å². The fourth-order valence-corrected chi connectivity index (χ4v) is 4.54. The van der Waals surface area contributed by atoms with Gasteiger partial charge in [0.05, 0.1) is 11.3 Å². The highest BCUT2D eigenvalue weighted by atomic mass is 16.6. The Labute approximate surface area is 167 Å². The van der Waals surface area contributed by atoms with E-state index in [4.69, 9.17) is 9.57 Å². The standard InChI is InChI=1S/C25H27NO2/c1-3-4-5-10-15-28-26-24-22-14-9-8-11-19(22)16-23(24)25(27-2)17-20-12-6-7-13-21(20)18-25/h3-14,23H,15-18H2,1-2H3. The second-order valence-corrected chi connectivity index (χ2v) is 7.53. The van der Waals surface area contributed by atoms with Gasteiger partial charge in [-0.15, -0.1) is 0 Å². The van der Waals surface area contributed by atoms with Gasteiger partial charge in [0.2, 0.25) is 0 Å². The molecule has 0 aromatic heterocycles. The molecular weight excluding hydrogens is 346 g/mol. The molecule has 2 aromatic carbocycles. The number of benzene rings is 2. The Morgan fingerprint density at radius 2 is 1.68 bits per heavy atom. The second-order valence-electron chi connectivity index (χ2n) is 7.53. The van der Waals surface area contributed by atoms with Crippen LogP contribution in [0.25, 0.3) is 0 Å². The lowest BCUT2D eigenvalue weighted by Crippen LogP contribution is -2.44. The molecule has 0 spiro atoms. The Morgan fingerprint density at radius 3 is 2.36 bits per heavy atom. The molecule has 144 valence electrons. The van der Waals surface area contributed by atoms with Crippen LogP contribution in [0.1, 0.15) is 29.2 Å². The normalized spacial score (nSPS) is 21.5. The third-order valence-electron chi connectivity index (χ3n) is 5.96. The molecule has 4 rings (SSSR count). The summed E-state index contributed by atoms with van der Waals surface area (Å²) in [4.78, 5) is 5.69. The fourth-order valence-electron chi connectivity index (χ4n) is 4.54. The molecule has 3 nitrogen and oxygen atoms in total. The molecule has 0 amide bonds. The Bertz CT molecular complexity index is 901. The number of hydrogen-bond acceptors (Lipinski definition) is 3. The van der Waals surface area contributed by atoms with Crippen LogP contribution < -0.4 is 0 Å². The second kappa shape index (κ2) is 8.15. The highest BCUT2D eigenvalue weighted by molar-refractivity contribution is 6.06. The lowest BCUT2D eigenvalue weighted by Gasteiger charge is -2.34. The predicted octanol–water partition coefficient (Wildman–Crippen LogP) is 4.90. The number of fused-ring (bicyclic) bond motifs is 2. The third kappa shape index (κ3) is 3.43. The van der Waals surface area contributed by atoms with Gasteiger partial charge in [-0.2, -0.15) is 0 Å². The van der Waals surface area contributed by atoms with Crippen LogP contribution in [-0.2, 0) is 28.8 Å². The van der Waals surface area contributed by atoms with E-state index in [1.165, 1.54) is 22.3 Å². The number of allylic oxidation sites excluding steroid dienone is 3. The van der Waals surface area contributed by atoms with E-state index in [1.807, 2.05) is 38.3 Å². The molecule has 2 aromatic rings. The van der Waals surface area contributed by atoms with Gasteiger partial charge in [-0.25, -0.2) is 0 Å². The van der Waals surface area contributed by atoms with Crippen molar-refractivity contribution in [3.63, 3.8) is 0 Å². The maximum absolute atomic E-state index is 6.23. The van der Waals surface area contributed by atoms with Gasteiger partial charge in [-0.05, 0) is 36.1 Å². The average Bonchev–Trinajstić information content (AvgIpc) is 3.30. The Balaban J connectivity index is 1.63. The zero-order chi connectivity index (χ0) is 19.4. The lowest BCUT2D eigenvalue weighted by molar-refractivity contribution is -0.0288. The van der Waals surface area contributed by atoms with Crippen LogP contribution in [0.5, 0.6) is 0 Å². The highest BCUT2D eigenvalue weighted by Gasteiger charge is 2.49. The van der Waals surface area contributed by atoms with Gasteiger partial charge < -0.3 is 9.57 Å². The molecule has 0 saturated heterocycles. The van der Waals surface area contributed by atoms with E-state index in [2.05, 4.69) is 53.7 Å². The summed E-state index contributed by atoms with van der Waals surface area (Å²) in [5.41, 5.74) is 6.03. The Hall–Kier alpha value is -2.65. The number of rotatable bonds is 6. The summed E-state index contributed by atoms with van der Waals surface area (Å²) < 4.78 is 6.23. The van der Waals surface area contributed by atoms with Crippen molar-refractivity contribution in [1.29, 1.82) is 0 Å². The van der Waals surface area contributed by atoms with Gasteiger partial charge in [0.25, 0.3) is 0 Å².